The summed E-state index contributed by atoms with van der Waals surface area (Å²) in [7, 11) is -2.38. The van der Waals surface area contributed by atoms with Gasteiger partial charge in [0.2, 0.25) is 27.8 Å². The number of likely N-dealkylation sites (N-methyl/N-ethyl adjacent to an activating group) is 1. The molecule has 2 heterocycles. The van der Waals surface area contributed by atoms with Crippen molar-refractivity contribution >= 4 is 27.8 Å². The van der Waals surface area contributed by atoms with Crippen LogP contribution in [0.5, 0.6) is 0 Å². The molecule has 0 atom stereocenters. The number of hydrogen-bond donors (Lipinski definition) is 2. The van der Waals surface area contributed by atoms with Crippen LogP contribution in [0.1, 0.15) is 30.4 Å². The van der Waals surface area contributed by atoms with Crippen LogP contribution in [0.15, 0.2) is 23.1 Å². The number of H-pyrrole nitrogens is 1. The monoisotopic (exact) mass is 406 g/mol. The highest BCUT2D eigenvalue weighted by molar-refractivity contribution is 7.89. The maximum Gasteiger partial charge on any atom is 0.246 e. The number of benzene rings is 1. The Kier molecular flexibility index (Phi) is 5.99. The van der Waals surface area contributed by atoms with Gasteiger partial charge in [0, 0.05) is 20.1 Å². The van der Waals surface area contributed by atoms with Crippen LogP contribution in [0.4, 0.5) is 11.9 Å². The van der Waals surface area contributed by atoms with Gasteiger partial charge >= 0.3 is 0 Å². The van der Waals surface area contributed by atoms with E-state index < -0.39 is 15.9 Å². The molecule has 0 aliphatic carbocycles. The van der Waals surface area contributed by atoms with Gasteiger partial charge in [0.15, 0.2) is 0 Å². The van der Waals surface area contributed by atoms with Crippen molar-refractivity contribution in [1.29, 1.82) is 0 Å². The summed E-state index contributed by atoms with van der Waals surface area (Å²) in [5.74, 6) is 0.268. The Morgan fingerprint density at radius 2 is 1.93 bits per heavy atom. The van der Waals surface area contributed by atoms with E-state index in [9.17, 15) is 13.2 Å². The lowest BCUT2D eigenvalue weighted by molar-refractivity contribution is -0.116. The molecule has 3 rings (SSSR count). The summed E-state index contributed by atoms with van der Waals surface area (Å²) in [5.41, 5.74) is 1.89. The van der Waals surface area contributed by atoms with Gasteiger partial charge in [0.1, 0.15) is 0 Å². The smallest absolute Gasteiger partial charge is 0.246 e. The molecule has 0 spiro atoms. The van der Waals surface area contributed by atoms with Crippen LogP contribution in [0.3, 0.4) is 0 Å². The van der Waals surface area contributed by atoms with E-state index in [0.29, 0.717) is 5.95 Å². The van der Waals surface area contributed by atoms with Gasteiger partial charge in [0.25, 0.3) is 0 Å². The molecule has 1 fully saturated rings. The molecular formula is C18H26N6O3S. The fraction of sp³-hybridized carbons (Fsp3) is 0.500. The summed E-state index contributed by atoms with van der Waals surface area (Å²) in [6.45, 7) is 5.22. The standard InChI is InChI=1S/C18H26N6O3S/c1-13-7-8-15(11-14(13)2)28(26,27)23(3)12-16(25)19-17-20-18(22-21-17)24-9-5-4-6-10-24/h7-8,11H,4-6,9-10,12H2,1-3H3,(H2,19,20,21,22,25). The number of carbonyl (C=O) groups is 1. The van der Waals surface area contributed by atoms with Crippen molar-refractivity contribution in [3.05, 3.63) is 29.3 Å². The number of aromatic nitrogens is 3. The number of aromatic amines is 1. The van der Waals surface area contributed by atoms with Crippen molar-refractivity contribution in [2.75, 3.05) is 36.9 Å². The second-order valence-corrected chi connectivity index (χ2v) is 9.13. The predicted molar refractivity (Wildman–Crippen MR) is 107 cm³/mol. The van der Waals surface area contributed by atoms with E-state index in [0.717, 1.165) is 41.4 Å². The molecule has 10 heteroatoms. The molecule has 0 bridgehead atoms. The molecule has 9 nitrogen and oxygen atoms in total. The Bertz CT molecular complexity index is 950. The fourth-order valence-electron chi connectivity index (χ4n) is 3.06. The predicted octanol–water partition coefficient (Wildman–Crippen LogP) is 1.67. The average Bonchev–Trinajstić information content (AvgIpc) is 3.12. The summed E-state index contributed by atoms with van der Waals surface area (Å²) in [6, 6.07) is 4.92. The molecule has 1 aromatic heterocycles. The van der Waals surface area contributed by atoms with Crippen LogP contribution in [-0.2, 0) is 14.8 Å². The van der Waals surface area contributed by atoms with E-state index in [1.54, 1.807) is 18.2 Å². The molecule has 1 saturated heterocycles. The highest BCUT2D eigenvalue weighted by Gasteiger charge is 2.24. The second-order valence-electron chi connectivity index (χ2n) is 7.09. The first kappa shape index (κ1) is 20.3. The molecule has 1 amide bonds. The number of carbonyl (C=O) groups excluding carboxylic acids is 1. The van der Waals surface area contributed by atoms with Crippen LogP contribution in [0, 0.1) is 13.8 Å². The molecule has 0 radical (unpaired) electrons. The number of nitrogens with zero attached hydrogens (tertiary/aromatic N) is 4. The first-order chi connectivity index (χ1) is 13.3. The van der Waals surface area contributed by atoms with Gasteiger partial charge in [-0.15, -0.1) is 5.10 Å². The SMILES string of the molecule is Cc1ccc(S(=O)(=O)N(C)CC(=O)Nc2nc(N3CCCCC3)n[nH]2)cc1C. The van der Waals surface area contributed by atoms with E-state index in [1.165, 1.54) is 13.5 Å². The third-order valence-corrected chi connectivity index (χ3v) is 6.72. The van der Waals surface area contributed by atoms with Gasteiger partial charge in [-0.05, 0) is 56.4 Å². The van der Waals surface area contributed by atoms with Crippen LogP contribution < -0.4 is 10.2 Å². The molecule has 1 aliphatic heterocycles. The van der Waals surface area contributed by atoms with Gasteiger partial charge in [0.05, 0.1) is 11.4 Å². The topological polar surface area (TPSA) is 111 Å². The van der Waals surface area contributed by atoms with Crippen molar-refractivity contribution < 1.29 is 13.2 Å². The minimum absolute atomic E-state index is 0.165. The number of rotatable bonds is 6. The van der Waals surface area contributed by atoms with Crippen molar-refractivity contribution in [1.82, 2.24) is 19.5 Å². The Morgan fingerprint density at radius 3 is 2.61 bits per heavy atom. The first-order valence-electron chi connectivity index (χ1n) is 9.28. The van der Waals surface area contributed by atoms with E-state index >= 15 is 0 Å². The van der Waals surface area contributed by atoms with Crippen LogP contribution in [-0.4, -0.2) is 60.5 Å². The number of aryl methyl sites for hydroxylation is 2. The lowest BCUT2D eigenvalue weighted by Gasteiger charge is -2.24. The molecule has 2 aromatic rings. The van der Waals surface area contributed by atoms with Gasteiger partial charge < -0.3 is 4.90 Å². The Hall–Kier alpha value is -2.46. The van der Waals surface area contributed by atoms with Crippen molar-refractivity contribution in [2.24, 2.45) is 0 Å². The third kappa shape index (κ3) is 4.50. The van der Waals surface area contributed by atoms with E-state index in [2.05, 4.69) is 25.4 Å². The minimum Gasteiger partial charge on any atom is -0.340 e. The van der Waals surface area contributed by atoms with Crippen LogP contribution >= 0.6 is 0 Å². The summed E-state index contributed by atoms with van der Waals surface area (Å²) in [5, 5.41) is 9.39. The fourth-order valence-corrected chi connectivity index (χ4v) is 4.27. The molecule has 152 valence electrons. The molecule has 28 heavy (non-hydrogen) atoms. The van der Waals surface area contributed by atoms with Gasteiger partial charge in [-0.1, -0.05) is 6.07 Å². The normalized spacial score (nSPS) is 15.1. The van der Waals surface area contributed by atoms with E-state index in [-0.39, 0.29) is 17.4 Å². The van der Waals surface area contributed by atoms with Crippen LogP contribution in [0.25, 0.3) is 0 Å². The van der Waals surface area contributed by atoms with E-state index in [1.807, 2.05) is 13.8 Å². The number of anilines is 2. The zero-order valence-electron chi connectivity index (χ0n) is 16.4. The summed E-state index contributed by atoms with van der Waals surface area (Å²) in [4.78, 5) is 18.8. The maximum absolute atomic E-state index is 12.7. The summed E-state index contributed by atoms with van der Waals surface area (Å²) >= 11 is 0. The lowest BCUT2D eigenvalue weighted by Crippen LogP contribution is -2.35. The number of amides is 1. The number of nitrogens with one attached hydrogen (secondary N) is 2. The molecule has 2 N–H and O–H groups in total. The molecule has 1 aromatic carbocycles. The van der Waals surface area contributed by atoms with E-state index in [4.69, 9.17) is 0 Å². The maximum atomic E-state index is 12.7. The van der Waals surface area contributed by atoms with Gasteiger partial charge in [-0.3, -0.25) is 10.1 Å². The van der Waals surface area contributed by atoms with Crippen molar-refractivity contribution in [3.63, 3.8) is 0 Å². The molecule has 1 aliphatic rings. The summed E-state index contributed by atoms with van der Waals surface area (Å²) < 4.78 is 26.4. The van der Waals surface area contributed by atoms with Gasteiger partial charge in [-0.25, -0.2) is 13.5 Å². The highest BCUT2D eigenvalue weighted by atomic mass is 32.2. The minimum atomic E-state index is -3.76. The van der Waals surface area contributed by atoms with Crippen molar-refractivity contribution in [2.45, 2.75) is 38.0 Å². The average molecular weight is 407 g/mol. The lowest BCUT2D eigenvalue weighted by atomic mass is 10.1. The molecule has 0 saturated carbocycles. The zero-order valence-corrected chi connectivity index (χ0v) is 17.2. The molecule has 0 unspecified atom stereocenters. The first-order valence-corrected chi connectivity index (χ1v) is 10.7. The Labute approximate surface area is 165 Å². The van der Waals surface area contributed by atoms with Crippen LogP contribution in [0.2, 0.25) is 0 Å². The van der Waals surface area contributed by atoms with Crippen molar-refractivity contribution in [3.8, 4) is 0 Å². The summed E-state index contributed by atoms with van der Waals surface area (Å²) in [6.07, 6.45) is 3.39. The zero-order chi connectivity index (χ0) is 20.3. The Balaban J connectivity index is 1.62. The molecular weight excluding hydrogens is 380 g/mol. The number of piperidine rings is 1. The largest absolute Gasteiger partial charge is 0.340 e. The number of hydrogen-bond acceptors (Lipinski definition) is 6. The third-order valence-electron chi connectivity index (χ3n) is 4.92. The highest BCUT2D eigenvalue weighted by Crippen LogP contribution is 2.19. The van der Waals surface area contributed by atoms with Gasteiger partial charge in [-0.2, -0.15) is 9.29 Å². The second kappa shape index (κ2) is 8.27. The number of sulfonamides is 1. The quantitative estimate of drug-likeness (QED) is 0.755. The Morgan fingerprint density at radius 1 is 1.21 bits per heavy atom.